The Morgan fingerprint density at radius 3 is 2.54 bits per heavy atom. The maximum atomic E-state index is 12.4. The first kappa shape index (κ1) is 20.1. The summed E-state index contributed by atoms with van der Waals surface area (Å²) in [4.78, 5) is 37.2. The molecule has 1 heterocycles. The topological polar surface area (TPSA) is 82.1 Å². The van der Waals surface area contributed by atoms with Crippen molar-refractivity contribution in [3.8, 4) is 11.5 Å². The first-order valence-electron chi connectivity index (χ1n) is 7.63. The molecule has 2 amide bonds. The molecule has 7 nitrogen and oxygen atoms in total. The van der Waals surface area contributed by atoms with Crippen LogP contribution in [0.1, 0.15) is 19.4 Å². The molecular weight excluding hydrogens is 382 g/mol. The molecule has 0 atom stereocenters. The highest BCUT2D eigenvalue weighted by molar-refractivity contribution is 8.18. The van der Waals surface area contributed by atoms with Crippen LogP contribution < -0.4 is 9.47 Å². The van der Waals surface area contributed by atoms with Crippen LogP contribution in [-0.2, 0) is 14.3 Å². The molecule has 1 aliphatic heterocycles. The summed E-state index contributed by atoms with van der Waals surface area (Å²) in [6.07, 6.45) is 1.18. The van der Waals surface area contributed by atoms with Gasteiger partial charge in [0.15, 0.2) is 11.5 Å². The smallest absolute Gasteiger partial charge is 0.326 e. The second-order valence-corrected chi connectivity index (χ2v) is 6.95. The van der Waals surface area contributed by atoms with Gasteiger partial charge in [-0.2, -0.15) is 0 Å². The van der Waals surface area contributed by atoms with E-state index in [2.05, 4.69) is 0 Å². The summed E-state index contributed by atoms with van der Waals surface area (Å²) in [7, 11) is 2.93. The summed E-state index contributed by atoms with van der Waals surface area (Å²) < 4.78 is 15.3. The summed E-state index contributed by atoms with van der Waals surface area (Å²) in [6.45, 7) is 2.95. The number of amides is 2. The van der Waals surface area contributed by atoms with Crippen molar-refractivity contribution in [3.63, 3.8) is 0 Å². The Bertz CT molecular complexity index is 777. The van der Waals surface area contributed by atoms with Crippen LogP contribution in [-0.4, -0.2) is 48.9 Å². The van der Waals surface area contributed by atoms with E-state index in [1.165, 1.54) is 20.3 Å². The lowest BCUT2D eigenvalue weighted by Gasteiger charge is -2.13. The molecule has 0 spiro atoms. The first-order valence-corrected chi connectivity index (χ1v) is 8.82. The number of benzene rings is 1. The van der Waals surface area contributed by atoms with Gasteiger partial charge in [-0.3, -0.25) is 19.3 Å². The van der Waals surface area contributed by atoms with E-state index >= 15 is 0 Å². The molecule has 140 valence electrons. The van der Waals surface area contributed by atoms with Crippen LogP contribution >= 0.6 is 23.4 Å². The largest absolute Gasteiger partial charge is 0.493 e. The Balaban J connectivity index is 2.25. The Kier molecular flexibility index (Phi) is 6.55. The maximum Gasteiger partial charge on any atom is 0.326 e. The normalized spacial score (nSPS) is 15.8. The molecule has 0 aromatic heterocycles. The summed E-state index contributed by atoms with van der Waals surface area (Å²) in [5.41, 5.74) is 0.558. The van der Waals surface area contributed by atoms with Gasteiger partial charge < -0.3 is 14.2 Å². The number of ether oxygens (including phenoxy) is 3. The van der Waals surface area contributed by atoms with Crippen LogP contribution in [0.25, 0.3) is 6.08 Å². The van der Waals surface area contributed by atoms with E-state index in [1.807, 2.05) is 0 Å². The van der Waals surface area contributed by atoms with Gasteiger partial charge in [0.25, 0.3) is 11.1 Å². The van der Waals surface area contributed by atoms with Crippen molar-refractivity contribution in [3.05, 3.63) is 27.6 Å². The Morgan fingerprint density at radius 2 is 1.96 bits per heavy atom. The zero-order valence-electron chi connectivity index (χ0n) is 14.7. The SMILES string of the molecule is COc1cc(/C=C2/SC(=O)N(CC(=O)OC(C)C)C2=O)cc(Cl)c1OC. The molecular formula is C17H18ClNO6S. The number of esters is 1. The fourth-order valence-corrected chi connectivity index (χ4v) is 3.37. The zero-order chi connectivity index (χ0) is 19.4. The molecule has 0 aliphatic carbocycles. The van der Waals surface area contributed by atoms with Gasteiger partial charge in [-0.25, -0.2) is 0 Å². The molecule has 2 rings (SSSR count). The molecule has 0 radical (unpaired) electrons. The van der Waals surface area contributed by atoms with Gasteiger partial charge >= 0.3 is 5.97 Å². The van der Waals surface area contributed by atoms with Crippen LogP contribution in [0.3, 0.4) is 0 Å². The van der Waals surface area contributed by atoms with Crippen molar-refractivity contribution < 1.29 is 28.6 Å². The second kappa shape index (κ2) is 8.46. The van der Waals surface area contributed by atoms with Crippen molar-refractivity contribution in [2.75, 3.05) is 20.8 Å². The molecule has 1 aliphatic rings. The van der Waals surface area contributed by atoms with E-state index in [0.29, 0.717) is 22.1 Å². The minimum atomic E-state index is -0.641. The number of hydrogen-bond acceptors (Lipinski definition) is 7. The summed E-state index contributed by atoms with van der Waals surface area (Å²) in [5.74, 6) is -0.439. The molecule has 0 saturated carbocycles. The van der Waals surface area contributed by atoms with Crippen molar-refractivity contribution in [2.24, 2.45) is 0 Å². The number of thioether (sulfide) groups is 1. The molecule has 1 aromatic carbocycles. The van der Waals surface area contributed by atoms with Crippen molar-refractivity contribution >= 4 is 46.6 Å². The Hall–Kier alpha value is -2.19. The minimum Gasteiger partial charge on any atom is -0.493 e. The Morgan fingerprint density at radius 1 is 1.27 bits per heavy atom. The third-order valence-electron chi connectivity index (χ3n) is 3.28. The third-order valence-corrected chi connectivity index (χ3v) is 4.47. The van der Waals surface area contributed by atoms with E-state index in [-0.39, 0.29) is 11.0 Å². The third kappa shape index (κ3) is 4.50. The number of halogens is 1. The lowest BCUT2D eigenvalue weighted by atomic mass is 10.2. The molecule has 9 heteroatoms. The van der Waals surface area contributed by atoms with Gasteiger partial charge in [0.05, 0.1) is 30.3 Å². The molecule has 0 unspecified atom stereocenters. The van der Waals surface area contributed by atoms with Crippen LogP contribution in [0.5, 0.6) is 11.5 Å². The van der Waals surface area contributed by atoms with Gasteiger partial charge in [0.1, 0.15) is 6.54 Å². The summed E-state index contributed by atoms with van der Waals surface area (Å²) in [5, 5.41) is -0.230. The van der Waals surface area contributed by atoms with E-state index in [9.17, 15) is 14.4 Å². The van der Waals surface area contributed by atoms with Gasteiger partial charge in [-0.15, -0.1) is 0 Å². The fourth-order valence-electron chi connectivity index (χ4n) is 2.24. The predicted molar refractivity (Wildman–Crippen MR) is 98.5 cm³/mol. The van der Waals surface area contributed by atoms with Crippen LogP contribution in [0.2, 0.25) is 5.02 Å². The fraction of sp³-hybridized carbons (Fsp3) is 0.353. The van der Waals surface area contributed by atoms with Crippen molar-refractivity contribution in [2.45, 2.75) is 20.0 Å². The number of carbonyl (C=O) groups is 3. The lowest BCUT2D eigenvalue weighted by Crippen LogP contribution is -2.35. The highest BCUT2D eigenvalue weighted by atomic mass is 35.5. The number of imide groups is 1. The van der Waals surface area contributed by atoms with Crippen molar-refractivity contribution in [1.29, 1.82) is 0 Å². The highest BCUT2D eigenvalue weighted by Gasteiger charge is 2.36. The van der Waals surface area contributed by atoms with E-state index in [0.717, 1.165) is 16.7 Å². The molecule has 1 fully saturated rings. The van der Waals surface area contributed by atoms with E-state index < -0.39 is 23.7 Å². The van der Waals surface area contributed by atoms with Crippen LogP contribution in [0.15, 0.2) is 17.0 Å². The predicted octanol–water partition coefficient (Wildman–Crippen LogP) is 3.35. The monoisotopic (exact) mass is 399 g/mol. The average molecular weight is 400 g/mol. The van der Waals surface area contributed by atoms with E-state index in [4.69, 9.17) is 25.8 Å². The maximum absolute atomic E-state index is 12.4. The second-order valence-electron chi connectivity index (χ2n) is 5.54. The highest BCUT2D eigenvalue weighted by Crippen LogP contribution is 2.38. The molecule has 1 aromatic rings. The van der Waals surface area contributed by atoms with E-state index in [1.54, 1.807) is 26.0 Å². The molecule has 0 N–H and O–H groups in total. The van der Waals surface area contributed by atoms with Gasteiger partial charge in [-0.05, 0) is 49.4 Å². The summed E-state index contributed by atoms with van der Waals surface area (Å²) in [6, 6.07) is 3.22. The molecule has 26 heavy (non-hydrogen) atoms. The quantitative estimate of drug-likeness (QED) is 0.535. The number of carbonyl (C=O) groups excluding carboxylic acids is 3. The number of hydrogen-bond donors (Lipinski definition) is 0. The van der Waals surface area contributed by atoms with Crippen LogP contribution in [0, 0.1) is 0 Å². The number of rotatable bonds is 6. The minimum absolute atomic E-state index is 0.177. The lowest BCUT2D eigenvalue weighted by molar-refractivity contribution is -0.149. The van der Waals surface area contributed by atoms with Gasteiger partial charge in [-0.1, -0.05) is 11.6 Å². The summed E-state index contributed by atoms with van der Waals surface area (Å²) >= 11 is 6.89. The average Bonchev–Trinajstić information content (AvgIpc) is 2.81. The molecule has 0 bridgehead atoms. The standard InChI is InChI=1S/C17H18ClNO6S/c1-9(2)25-14(20)8-19-16(21)13(26-17(19)22)7-10-5-11(18)15(24-4)12(6-10)23-3/h5-7,9H,8H2,1-4H3/b13-7+. The van der Waals surface area contributed by atoms with Crippen molar-refractivity contribution in [1.82, 2.24) is 4.90 Å². The number of nitrogens with zero attached hydrogens (tertiary/aromatic N) is 1. The molecule has 1 saturated heterocycles. The Labute approximate surface area is 160 Å². The number of methoxy groups -OCH3 is 2. The zero-order valence-corrected chi connectivity index (χ0v) is 16.3. The first-order chi connectivity index (χ1) is 12.3. The van der Waals surface area contributed by atoms with Crippen LogP contribution in [0.4, 0.5) is 4.79 Å². The van der Waals surface area contributed by atoms with Gasteiger partial charge in [0, 0.05) is 0 Å². The van der Waals surface area contributed by atoms with Gasteiger partial charge in [0.2, 0.25) is 0 Å².